The van der Waals surface area contributed by atoms with Gasteiger partial charge in [-0.1, -0.05) is 6.92 Å². The lowest BCUT2D eigenvalue weighted by Crippen LogP contribution is -1.96. The zero-order valence-corrected chi connectivity index (χ0v) is 7.97. The molecule has 0 bridgehead atoms. The summed E-state index contributed by atoms with van der Waals surface area (Å²) >= 11 is 1.56. The second-order valence-corrected chi connectivity index (χ2v) is 3.75. The van der Waals surface area contributed by atoms with Gasteiger partial charge < -0.3 is 10.2 Å². The molecular formula is C9H10O3S. The van der Waals surface area contributed by atoms with E-state index in [2.05, 4.69) is 0 Å². The van der Waals surface area contributed by atoms with E-state index in [-0.39, 0.29) is 11.3 Å². The molecule has 0 aliphatic heterocycles. The Kier molecular flexibility index (Phi) is 3.19. The average molecular weight is 198 g/mol. The van der Waals surface area contributed by atoms with E-state index in [0.717, 1.165) is 10.6 Å². The zero-order chi connectivity index (χ0) is 9.84. The second kappa shape index (κ2) is 4.18. The van der Waals surface area contributed by atoms with E-state index >= 15 is 0 Å². The predicted molar refractivity (Wildman–Crippen MR) is 51.5 cm³/mol. The molecule has 0 atom stereocenters. The van der Waals surface area contributed by atoms with Gasteiger partial charge in [-0.3, -0.25) is 0 Å². The molecule has 0 fully saturated rings. The maximum atomic E-state index is 10.5. The molecule has 0 saturated heterocycles. The Morgan fingerprint density at radius 2 is 2.23 bits per heavy atom. The van der Waals surface area contributed by atoms with Crippen molar-refractivity contribution in [3.8, 4) is 5.75 Å². The molecule has 1 aromatic rings. The number of carboxylic acid groups (broad SMARTS) is 1. The van der Waals surface area contributed by atoms with Crippen LogP contribution in [0.4, 0.5) is 0 Å². The summed E-state index contributed by atoms with van der Waals surface area (Å²) in [6, 6.07) is 4.57. The van der Waals surface area contributed by atoms with Crippen molar-refractivity contribution >= 4 is 17.7 Å². The second-order valence-electron chi connectivity index (χ2n) is 2.42. The van der Waals surface area contributed by atoms with Gasteiger partial charge in [-0.2, -0.15) is 0 Å². The van der Waals surface area contributed by atoms with Crippen LogP contribution in [0.3, 0.4) is 0 Å². The third kappa shape index (κ3) is 2.39. The van der Waals surface area contributed by atoms with Crippen molar-refractivity contribution in [3.05, 3.63) is 23.8 Å². The largest absolute Gasteiger partial charge is 0.507 e. The molecule has 0 unspecified atom stereocenters. The topological polar surface area (TPSA) is 57.5 Å². The van der Waals surface area contributed by atoms with E-state index in [1.165, 1.54) is 12.1 Å². The first-order chi connectivity index (χ1) is 6.15. The highest BCUT2D eigenvalue weighted by Crippen LogP contribution is 2.25. The lowest BCUT2D eigenvalue weighted by atomic mass is 10.2. The Balaban J connectivity index is 2.98. The number of aromatic carboxylic acids is 1. The molecule has 2 N–H and O–H groups in total. The van der Waals surface area contributed by atoms with E-state index in [1.54, 1.807) is 17.8 Å². The van der Waals surface area contributed by atoms with Crippen LogP contribution in [0.15, 0.2) is 23.1 Å². The van der Waals surface area contributed by atoms with E-state index in [9.17, 15) is 9.90 Å². The highest BCUT2D eigenvalue weighted by atomic mass is 32.2. The maximum Gasteiger partial charge on any atom is 0.339 e. The van der Waals surface area contributed by atoms with Crippen LogP contribution in [0.2, 0.25) is 0 Å². The molecule has 4 heteroatoms. The molecule has 3 nitrogen and oxygen atoms in total. The van der Waals surface area contributed by atoms with Gasteiger partial charge in [-0.05, 0) is 24.0 Å². The van der Waals surface area contributed by atoms with Crippen LogP contribution >= 0.6 is 11.8 Å². The molecule has 1 aromatic carbocycles. The third-order valence-corrected chi connectivity index (χ3v) is 2.39. The van der Waals surface area contributed by atoms with Gasteiger partial charge in [0, 0.05) is 4.90 Å². The van der Waals surface area contributed by atoms with Gasteiger partial charge in [-0.25, -0.2) is 4.79 Å². The van der Waals surface area contributed by atoms with Crippen molar-refractivity contribution in [2.24, 2.45) is 0 Å². The van der Waals surface area contributed by atoms with Crippen LogP contribution in [0, 0.1) is 0 Å². The molecule has 0 aromatic heterocycles. The van der Waals surface area contributed by atoms with Gasteiger partial charge in [0.2, 0.25) is 0 Å². The minimum atomic E-state index is -1.11. The molecule has 0 aliphatic carbocycles. The molecule has 0 radical (unpaired) electrons. The van der Waals surface area contributed by atoms with Crippen molar-refractivity contribution in [1.29, 1.82) is 0 Å². The van der Waals surface area contributed by atoms with E-state index in [1.807, 2.05) is 6.92 Å². The molecular weight excluding hydrogens is 188 g/mol. The molecule has 1 rings (SSSR count). The Morgan fingerprint density at radius 3 is 2.69 bits per heavy atom. The summed E-state index contributed by atoms with van der Waals surface area (Å²) in [7, 11) is 0. The fraction of sp³-hybridized carbons (Fsp3) is 0.222. The smallest absolute Gasteiger partial charge is 0.339 e. The fourth-order valence-corrected chi connectivity index (χ4v) is 1.64. The molecule has 0 saturated carbocycles. The quantitative estimate of drug-likeness (QED) is 0.731. The Morgan fingerprint density at radius 1 is 1.54 bits per heavy atom. The SMILES string of the molecule is CCSc1ccc(C(=O)O)c(O)c1. The molecule has 13 heavy (non-hydrogen) atoms. The van der Waals surface area contributed by atoms with Crippen LogP contribution in [0.25, 0.3) is 0 Å². The average Bonchev–Trinajstić information content (AvgIpc) is 2.04. The number of carbonyl (C=O) groups is 1. The summed E-state index contributed by atoms with van der Waals surface area (Å²) in [4.78, 5) is 11.4. The lowest BCUT2D eigenvalue weighted by molar-refractivity contribution is 0.0693. The van der Waals surface area contributed by atoms with Crippen LogP contribution in [0.5, 0.6) is 5.75 Å². The van der Waals surface area contributed by atoms with Crippen molar-refractivity contribution in [3.63, 3.8) is 0 Å². The summed E-state index contributed by atoms with van der Waals surface area (Å²) in [5.74, 6) is -0.386. The number of benzene rings is 1. The summed E-state index contributed by atoms with van der Waals surface area (Å²) in [6.45, 7) is 1.99. The fourth-order valence-electron chi connectivity index (χ4n) is 0.949. The predicted octanol–water partition coefficient (Wildman–Crippen LogP) is 2.20. The van der Waals surface area contributed by atoms with E-state index < -0.39 is 5.97 Å². The van der Waals surface area contributed by atoms with Gasteiger partial charge >= 0.3 is 5.97 Å². The van der Waals surface area contributed by atoms with Crippen LogP contribution in [-0.4, -0.2) is 21.9 Å². The normalized spacial score (nSPS) is 9.92. The van der Waals surface area contributed by atoms with Crippen molar-refractivity contribution in [1.82, 2.24) is 0 Å². The number of thioether (sulfide) groups is 1. The standard InChI is InChI=1S/C9H10O3S/c1-2-13-6-3-4-7(9(11)12)8(10)5-6/h3-5,10H,2H2,1H3,(H,11,12). The summed E-state index contributed by atoms with van der Waals surface area (Å²) < 4.78 is 0. The van der Waals surface area contributed by atoms with Gasteiger partial charge in [0.05, 0.1) is 0 Å². The van der Waals surface area contributed by atoms with Crippen molar-refractivity contribution in [2.45, 2.75) is 11.8 Å². The Bertz CT molecular complexity index is 323. The molecule has 70 valence electrons. The van der Waals surface area contributed by atoms with Gasteiger partial charge in [0.25, 0.3) is 0 Å². The van der Waals surface area contributed by atoms with Crippen LogP contribution in [0.1, 0.15) is 17.3 Å². The number of hydrogen-bond donors (Lipinski definition) is 2. The van der Waals surface area contributed by atoms with Gasteiger partial charge in [-0.15, -0.1) is 11.8 Å². The molecule has 0 aliphatic rings. The van der Waals surface area contributed by atoms with E-state index in [0.29, 0.717) is 0 Å². The Hall–Kier alpha value is -1.16. The van der Waals surface area contributed by atoms with Gasteiger partial charge in [0.15, 0.2) is 0 Å². The minimum Gasteiger partial charge on any atom is -0.507 e. The summed E-state index contributed by atoms with van der Waals surface area (Å²) in [5.41, 5.74) is -0.0551. The van der Waals surface area contributed by atoms with E-state index in [4.69, 9.17) is 5.11 Å². The lowest BCUT2D eigenvalue weighted by Gasteiger charge is -2.02. The number of phenols is 1. The van der Waals surface area contributed by atoms with Crippen LogP contribution < -0.4 is 0 Å². The number of carboxylic acids is 1. The number of aromatic hydroxyl groups is 1. The monoisotopic (exact) mass is 198 g/mol. The summed E-state index contributed by atoms with van der Waals surface area (Å²) in [5, 5.41) is 17.9. The van der Waals surface area contributed by atoms with Crippen LogP contribution in [-0.2, 0) is 0 Å². The molecule has 0 amide bonds. The van der Waals surface area contributed by atoms with Crippen molar-refractivity contribution in [2.75, 3.05) is 5.75 Å². The number of hydrogen-bond acceptors (Lipinski definition) is 3. The van der Waals surface area contributed by atoms with Gasteiger partial charge in [0.1, 0.15) is 11.3 Å². The number of rotatable bonds is 3. The zero-order valence-electron chi connectivity index (χ0n) is 7.15. The first-order valence-electron chi connectivity index (χ1n) is 3.84. The third-order valence-electron chi connectivity index (χ3n) is 1.51. The summed E-state index contributed by atoms with van der Waals surface area (Å²) in [6.07, 6.45) is 0. The highest BCUT2D eigenvalue weighted by molar-refractivity contribution is 7.99. The highest BCUT2D eigenvalue weighted by Gasteiger charge is 2.08. The molecule has 0 spiro atoms. The first-order valence-corrected chi connectivity index (χ1v) is 4.82. The Labute approximate surface area is 80.4 Å². The van der Waals surface area contributed by atoms with Crippen molar-refractivity contribution < 1.29 is 15.0 Å². The minimum absolute atomic E-state index is 0.0551. The molecule has 0 heterocycles. The first kappa shape index (κ1) is 9.92. The maximum absolute atomic E-state index is 10.5.